The van der Waals surface area contributed by atoms with E-state index >= 15 is 0 Å². The number of hydrogen-bond donors (Lipinski definition) is 2. The Hall–Kier alpha value is -2.16. The van der Waals surface area contributed by atoms with Gasteiger partial charge in [-0.25, -0.2) is 4.79 Å². The predicted octanol–water partition coefficient (Wildman–Crippen LogP) is 2.07. The lowest BCUT2D eigenvalue weighted by molar-refractivity contribution is 0.0774. The molecular formula is C15H21NO6S. The van der Waals surface area contributed by atoms with Crippen LogP contribution < -0.4 is 5.73 Å². The van der Waals surface area contributed by atoms with Crippen molar-refractivity contribution in [1.29, 1.82) is 0 Å². The first-order valence-corrected chi connectivity index (χ1v) is 8.21. The third-order valence-corrected chi connectivity index (χ3v) is 3.07. The fourth-order valence-electron chi connectivity index (χ4n) is 1.42. The van der Waals surface area contributed by atoms with E-state index in [1.54, 1.807) is 0 Å². The number of fused-ring (bicyclic) bond motifs is 1. The Morgan fingerprint density at radius 1 is 1.04 bits per heavy atom. The van der Waals surface area contributed by atoms with Crippen LogP contribution in [-0.2, 0) is 19.6 Å². The van der Waals surface area contributed by atoms with E-state index in [0.717, 1.165) is 7.11 Å². The summed E-state index contributed by atoms with van der Waals surface area (Å²) in [5.74, 6) is -0.623. The van der Waals surface area contributed by atoms with Gasteiger partial charge in [0.1, 0.15) is 12.4 Å². The van der Waals surface area contributed by atoms with Crippen molar-refractivity contribution in [3.8, 4) is 0 Å². The highest BCUT2D eigenvalue weighted by atomic mass is 32.2. The molecule has 2 aromatic rings. The first kappa shape index (κ1) is 20.8. The number of ether oxygens (including phenoxy) is 2. The molecule has 0 bridgehead atoms. The fourth-order valence-corrected chi connectivity index (χ4v) is 1.72. The van der Waals surface area contributed by atoms with E-state index in [0.29, 0.717) is 0 Å². The normalized spacial score (nSPS) is 9.74. The Bertz CT molecular complexity index is 622. The first-order chi connectivity index (χ1) is 10.9. The van der Waals surface area contributed by atoms with Gasteiger partial charge in [0, 0.05) is 0 Å². The summed E-state index contributed by atoms with van der Waals surface area (Å²) in [4.78, 5) is 10.2. The molecule has 0 spiro atoms. The second-order valence-corrected chi connectivity index (χ2v) is 5.51. The minimum absolute atomic E-state index is 0.411. The zero-order valence-electron chi connectivity index (χ0n) is 13.0. The molecule has 0 saturated heterocycles. The quantitative estimate of drug-likeness (QED) is 0.647. The van der Waals surface area contributed by atoms with E-state index in [1.165, 1.54) is 17.8 Å². The smallest absolute Gasteiger partial charge is 0.438 e. The van der Waals surface area contributed by atoms with Crippen LogP contribution in [0.3, 0.4) is 0 Å². The number of carbonyl (C=O) groups excluding carboxylic acids is 1. The van der Waals surface area contributed by atoms with Crippen molar-refractivity contribution in [2.24, 2.45) is 5.73 Å². The van der Waals surface area contributed by atoms with Crippen molar-refractivity contribution in [2.75, 3.05) is 26.5 Å². The molecule has 23 heavy (non-hydrogen) atoms. The highest BCUT2D eigenvalue weighted by molar-refractivity contribution is 7.85. The van der Waals surface area contributed by atoms with Gasteiger partial charge in [-0.1, -0.05) is 48.5 Å². The molecule has 0 radical (unpaired) electrons. The average molecular weight is 343 g/mol. The maximum absolute atomic E-state index is 10.2. The fraction of sp³-hybridized carbons (Fsp3) is 0.267. The minimum atomic E-state index is -4.06. The van der Waals surface area contributed by atoms with E-state index in [-0.39, 0.29) is 0 Å². The molecule has 128 valence electrons. The summed E-state index contributed by atoms with van der Waals surface area (Å²) in [6.45, 7) is -0.411. The van der Waals surface area contributed by atoms with Gasteiger partial charge in [0.05, 0.1) is 7.11 Å². The Morgan fingerprint density at radius 2 is 1.43 bits per heavy atom. The zero-order chi connectivity index (χ0) is 17.7. The number of benzene rings is 2. The molecule has 0 atom stereocenters. The molecule has 8 heteroatoms. The zero-order valence-corrected chi connectivity index (χ0v) is 13.8. The molecule has 0 aliphatic heterocycles. The van der Waals surface area contributed by atoms with Crippen LogP contribution in [0.15, 0.2) is 48.5 Å². The summed E-state index contributed by atoms with van der Waals surface area (Å²) >= 11 is 0. The van der Waals surface area contributed by atoms with Gasteiger partial charge in [-0.05, 0) is 17.8 Å². The highest BCUT2D eigenvalue weighted by Crippen LogP contribution is 2.11. The Morgan fingerprint density at radius 3 is 1.74 bits per heavy atom. The van der Waals surface area contributed by atoms with Crippen LogP contribution in [-0.4, -0.2) is 45.6 Å². The van der Waals surface area contributed by atoms with E-state index < -0.39 is 28.6 Å². The van der Waals surface area contributed by atoms with Crippen LogP contribution in [0.4, 0.5) is 4.79 Å². The molecule has 3 N–H and O–H groups in total. The first-order valence-electron chi connectivity index (χ1n) is 6.60. The number of rotatable bonds is 3. The van der Waals surface area contributed by atoms with Gasteiger partial charge in [0.15, 0.2) is 0 Å². The van der Waals surface area contributed by atoms with E-state index in [1.807, 2.05) is 0 Å². The van der Waals surface area contributed by atoms with Crippen LogP contribution in [0, 0.1) is 0 Å². The molecule has 7 nitrogen and oxygen atoms in total. The van der Waals surface area contributed by atoms with Gasteiger partial charge in [-0.15, -0.1) is 0 Å². The molecule has 0 heterocycles. The minimum Gasteiger partial charge on any atom is -0.438 e. The largest absolute Gasteiger partial charge is 0.508 e. The van der Waals surface area contributed by atoms with E-state index in [4.69, 9.17) is 4.55 Å². The summed E-state index contributed by atoms with van der Waals surface area (Å²) < 4.78 is 36.4. The molecule has 0 aliphatic carbocycles. The van der Waals surface area contributed by atoms with Gasteiger partial charge in [0.2, 0.25) is 0 Å². The maximum atomic E-state index is 10.2. The highest BCUT2D eigenvalue weighted by Gasteiger charge is 2.06. The van der Waals surface area contributed by atoms with Crippen molar-refractivity contribution in [1.82, 2.24) is 0 Å². The predicted molar refractivity (Wildman–Crippen MR) is 88.8 cm³/mol. The summed E-state index contributed by atoms with van der Waals surface area (Å²) in [6, 6.07) is 16.7. The standard InChI is InChI=1S/C10H8.C4H8O6S.CH5N/c1-2-6-10-8-4-3-7-9(10)5-1;1-9-4(5)10-2-3-11(6,7)8;1-2/h1-8H;2-3H2,1H3,(H,6,7,8);2H2,1H3. The van der Waals surface area contributed by atoms with Gasteiger partial charge < -0.3 is 15.2 Å². The lowest BCUT2D eigenvalue weighted by Crippen LogP contribution is -2.14. The molecule has 0 unspecified atom stereocenters. The Labute approximate surface area is 135 Å². The lowest BCUT2D eigenvalue weighted by atomic mass is 10.1. The number of methoxy groups -OCH3 is 1. The van der Waals surface area contributed by atoms with Crippen LogP contribution in [0.2, 0.25) is 0 Å². The second-order valence-electron chi connectivity index (χ2n) is 3.94. The van der Waals surface area contributed by atoms with Crippen LogP contribution in [0.25, 0.3) is 10.8 Å². The summed E-state index contributed by atoms with van der Waals surface area (Å²) in [5, 5.41) is 2.62. The SMILES string of the molecule is CN.COC(=O)OCCS(=O)(=O)O.c1ccc2ccccc2c1. The molecule has 0 saturated carbocycles. The van der Waals surface area contributed by atoms with Gasteiger partial charge in [-0.3, -0.25) is 4.55 Å². The van der Waals surface area contributed by atoms with Crippen LogP contribution >= 0.6 is 0 Å². The molecule has 2 rings (SSSR count). The van der Waals surface area contributed by atoms with E-state index in [2.05, 4.69) is 63.7 Å². The molecule has 0 aromatic heterocycles. The lowest BCUT2D eigenvalue weighted by Gasteiger charge is -1.99. The summed E-state index contributed by atoms with van der Waals surface area (Å²) in [5.41, 5.74) is 4.50. The van der Waals surface area contributed by atoms with Crippen molar-refractivity contribution < 1.29 is 27.2 Å². The molecule has 0 amide bonds. The monoisotopic (exact) mass is 343 g/mol. The number of hydrogen-bond acceptors (Lipinski definition) is 6. The van der Waals surface area contributed by atoms with Gasteiger partial charge >= 0.3 is 6.16 Å². The topological polar surface area (TPSA) is 116 Å². The average Bonchev–Trinajstić information content (AvgIpc) is 2.56. The van der Waals surface area contributed by atoms with Crippen molar-refractivity contribution >= 4 is 27.0 Å². The summed E-state index contributed by atoms with van der Waals surface area (Å²) in [6.07, 6.45) is -0.978. The third kappa shape index (κ3) is 10.2. The van der Waals surface area contributed by atoms with Crippen LogP contribution in [0.5, 0.6) is 0 Å². The molecule has 0 fully saturated rings. The van der Waals surface area contributed by atoms with Crippen molar-refractivity contribution in [3.05, 3.63) is 48.5 Å². The Kier molecular flexibility index (Phi) is 10.3. The van der Waals surface area contributed by atoms with Crippen molar-refractivity contribution in [2.45, 2.75) is 0 Å². The molecule has 2 aromatic carbocycles. The third-order valence-electron chi connectivity index (χ3n) is 2.39. The Balaban J connectivity index is 0.000000380. The molecule has 0 aliphatic rings. The van der Waals surface area contributed by atoms with Gasteiger partial charge in [-0.2, -0.15) is 8.42 Å². The van der Waals surface area contributed by atoms with E-state index in [9.17, 15) is 13.2 Å². The second kappa shape index (κ2) is 11.4. The van der Waals surface area contributed by atoms with Crippen LogP contribution in [0.1, 0.15) is 0 Å². The number of nitrogens with two attached hydrogens (primary N) is 1. The maximum Gasteiger partial charge on any atom is 0.508 e. The molecular weight excluding hydrogens is 322 g/mol. The number of carbonyl (C=O) groups is 1. The van der Waals surface area contributed by atoms with Gasteiger partial charge in [0.25, 0.3) is 10.1 Å². The summed E-state index contributed by atoms with van der Waals surface area (Å²) in [7, 11) is -1.47. The van der Waals surface area contributed by atoms with Crippen molar-refractivity contribution in [3.63, 3.8) is 0 Å².